The maximum Gasteiger partial charge on any atom is 0.233 e. The number of amides is 1. The molecule has 3 aromatic rings. The summed E-state index contributed by atoms with van der Waals surface area (Å²) >= 11 is 1.21. The van der Waals surface area contributed by atoms with E-state index in [0.717, 1.165) is 11.1 Å². The number of hydrogen-bond acceptors (Lipinski definition) is 6. The fraction of sp³-hybridized carbons (Fsp3) is 0.222. The third-order valence-electron chi connectivity index (χ3n) is 3.91. The zero-order valence-electron chi connectivity index (χ0n) is 14.7. The first-order chi connectivity index (χ1) is 13.1. The van der Waals surface area contributed by atoms with Crippen molar-refractivity contribution in [1.82, 2.24) is 24.8 Å². The highest BCUT2D eigenvalue weighted by Gasteiger charge is 2.17. The molecule has 2 N–H and O–H groups in total. The Kier molecular flexibility index (Phi) is 6.02. The summed E-state index contributed by atoms with van der Waals surface area (Å²) in [7, 11) is 0. The minimum Gasteiger partial charge on any atom is -0.338 e. The van der Waals surface area contributed by atoms with Gasteiger partial charge in [-0.3, -0.25) is 9.78 Å². The van der Waals surface area contributed by atoms with Crippen LogP contribution in [0.2, 0.25) is 0 Å². The number of aromatic nitrogens is 4. The Bertz CT molecular complexity index is 917. The predicted octanol–water partition coefficient (Wildman–Crippen LogP) is 2.33. The van der Waals surface area contributed by atoms with Crippen molar-refractivity contribution in [2.45, 2.75) is 18.6 Å². The molecule has 1 aromatic carbocycles. The van der Waals surface area contributed by atoms with Gasteiger partial charge in [0.25, 0.3) is 0 Å². The molecule has 0 aliphatic rings. The average molecular weight is 386 g/mol. The number of benzene rings is 1. The zero-order valence-corrected chi connectivity index (χ0v) is 15.6. The van der Waals surface area contributed by atoms with Crippen LogP contribution in [-0.4, -0.2) is 43.0 Å². The van der Waals surface area contributed by atoms with Gasteiger partial charge in [0.15, 0.2) is 5.82 Å². The van der Waals surface area contributed by atoms with Crippen molar-refractivity contribution in [1.29, 1.82) is 0 Å². The standard InChI is InChI=1S/C18H19FN6OS/c1-2-24(11-13-5-3-7-15(19)9-13)16(26)12-27-18-23-22-17(25(18)20)14-6-4-8-21-10-14/h3-10H,2,11-12,20H2,1H3. The van der Waals surface area contributed by atoms with Crippen LogP contribution < -0.4 is 5.84 Å². The number of thioether (sulfide) groups is 1. The summed E-state index contributed by atoms with van der Waals surface area (Å²) < 4.78 is 14.7. The smallest absolute Gasteiger partial charge is 0.233 e. The molecular formula is C18H19FN6OS. The van der Waals surface area contributed by atoms with Crippen molar-refractivity contribution >= 4 is 17.7 Å². The molecule has 0 bridgehead atoms. The van der Waals surface area contributed by atoms with E-state index in [9.17, 15) is 9.18 Å². The van der Waals surface area contributed by atoms with Crippen LogP contribution in [0, 0.1) is 5.82 Å². The second-order valence-corrected chi connectivity index (χ2v) is 6.69. The minimum absolute atomic E-state index is 0.0855. The predicted molar refractivity (Wildman–Crippen MR) is 102 cm³/mol. The van der Waals surface area contributed by atoms with Gasteiger partial charge in [0.05, 0.1) is 5.75 Å². The van der Waals surface area contributed by atoms with Crippen molar-refractivity contribution in [3.05, 3.63) is 60.2 Å². The molecule has 0 radical (unpaired) electrons. The number of hydrogen-bond donors (Lipinski definition) is 1. The van der Waals surface area contributed by atoms with Crippen LogP contribution in [0.5, 0.6) is 0 Å². The van der Waals surface area contributed by atoms with Gasteiger partial charge in [-0.1, -0.05) is 23.9 Å². The summed E-state index contributed by atoms with van der Waals surface area (Å²) in [6, 6.07) is 9.85. The van der Waals surface area contributed by atoms with Crippen LogP contribution in [0.3, 0.4) is 0 Å². The lowest BCUT2D eigenvalue weighted by atomic mass is 10.2. The van der Waals surface area contributed by atoms with E-state index in [2.05, 4.69) is 15.2 Å². The summed E-state index contributed by atoms with van der Waals surface area (Å²) in [6.45, 7) is 2.75. The fourth-order valence-corrected chi connectivity index (χ4v) is 3.28. The van der Waals surface area contributed by atoms with E-state index in [1.165, 1.54) is 28.6 Å². The highest BCUT2D eigenvalue weighted by atomic mass is 32.2. The third-order valence-corrected chi connectivity index (χ3v) is 4.83. The van der Waals surface area contributed by atoms with E-state index in [-0.39, 0.29) is 17.5 Å². The van der Waals surface area contributed by atoms with E-state index in [4.69, 9.17) is 5.84 Å². The molecular weight excluding hydrogens is 367 g/mol. The molecule has 9 heteroatoms. The number of nitrogens with zero attached hydrogens (tertiary/aromatic N) is 5. The number of carbonyl (C=O) groups excluding carboxylic acids is 1. The summed E-state index contributed by atoms with van der Waals surface area (Å²) in [5.41, 5.74) is 1.49. The lowest BCUT2D eigenvalue weighted by Gasteiger charge is -2.20. The lowest BCUT2D eigenvalue weighted by Crippen LogP contribution is -2.32. The first-order valence-corrected chi connectivity index (χ1v) is 9.33. The number of nitrogen functional groups attached to an aromatic ring is 1. The largest absolute Gasteiger partial charge is 0.338 e. The maximum absolute atomic E-state index is 13.3. The summed E-state index contributed by atoms with van der Waals surface area (Å²) in [5.74, 6) is 6.28. The number of pyridine rings is 1. The van der Waals surface area contributed by atoms with Gasteiger partial charge in [0.1, 0.15) is 5.82 Å². The summed E-state index contributed by atoms with van der Waals surface area (Å²) in [4.78, 5) is 18.2. The van der Waals surface area contributed by atoms with Gasteiger partial charge in [-0.15, -0.1) is 10.2 Å². The van der Waals surface area contributed by atoms with Gasteiger partial charge in [-0.05, 0) is 36.8 Å². The van der Waals surface area contributed by atoms with Gasteiger partial charge in [0, 0.05) is 31.0 Å². The third kappa shape index (κ3) is 4.62. The molecule has 1 amide bonds. The van der Waals surface area contributed by atoms with Gasteiger partial charge < -0.3 is 10.7 Å². The molecule has 140 valence electrons. The van der Waals surface area contributed by atoms with E-state index >= 15 is 0 Å². The van der Waals surface area contributed by atoms with Crippen LogP contribution >= 0.6 is 11.8 Å². The van der Waals surface area contributed by atoms with Crippen molar-refractivity contribution in [3.8, 4) is 11.4 Å². The van der Waals surface area contributed by atoms with Crippen LogP contribution in [0.4, 0.5) is 4.39 Å². The molecule has 0 saturated heterocycles. The maximum atomic E-state index is 13.3. The molecule has 0 aliphatic carbocycles. The van der Waals surface area contributed by atoms with Crippen LogP contribution in [0.1, 0.15) is 12.5 Å². The highest BCUT2D eigenvalue weighted by Crippen LogP contribution is 2.21. The van der Waals surface area contributed by atoms with E-state index in [1.807, 2.05) is 13.0 Å². The highest BCUT2D eigenvalue weighted by molar-refractivity contribution is 7.99. The second-order valence-electron chi connectivity index (χ2n) is 5.74. The number of halogens is 1. The summed E-state index contributed by atoms with van der Waals surface area (Å²) in [5, 5.41) is 8.55. The molecule has 0 spiro atoms. The molecule has 0 fully saturated rings. The number of carbonyl (C=O) groups is 1. The molecule has 27 heavy (non-hydrogen) atoms. The quantitative estimate of drug-likeness (QED) is 0.495. The first kappa shape index (κ1) is 18.8. The molecule has 0 aliphatic heterocycles. The molecule has 3 rings (SSSR count). The Morgan fingerprint density at radius 2 is 2.15 bits per heavy atom. The van der Waals surface area contributed by atoms with Crippen molar-refractivity contribution < 1.29 is 9.18 Å². The minimum atomic E-state index is -0.315. The molecule has 7 nitrogen and oxygen atoms in total. The molecule has 0 atom stereocenters. The normalized spacial score (nSPS) is 10.7. The average Bonchev–Trinajstić information content (AvgIpc) is 3.05. The Labute approximate surface area is 160 Å². The molecule has 2 aromatic heterocycles. The first-order valence-electron chi connectivity index (χ1n) is 8.34. The second kappa shape index (κ2) is 8.63. The van der Waals surface area contributed by atoms with Gasteiger partial charge in [-0.25, -0.2) is 9.07 Å². The molecule has 0 unspecified atom stereocenters. The van der Waals surface area contributed by atoms with Gasteiger partial charge in [0.2, 0.25) is 11.1 Å². The lowest BCUT2D eigenvalue weighted by molar-refractivity contribution is -0.128. The number of rotatable bonds is 7. The Balaban J connectivity index is 1.63. The SMILES string of the molecule is CCN(Cc1cccc(F)c1)C(=O)CSc1nnc(-c2cccnc2)n1N. The topological polar surface area (TPSA) is 89.9 Å². The van der Waals surface area contributed by atoms with Crippen LogP contribution in [-0.2, 0) is 11.3 Å². The van der Waals surface area contributed by atoms with Gasteiger partial charge in [-0.2, -0.15) is 0 Å². The molecule has 0 saturated carbocycles. The van der Waals surface area contributed by atoms with Crippen molar-refractivity contribution in [2.75, 3.05) is 18.1 Å². The van der Waals surface area contributed by atoms with Crippen molar-refractivity contribution in [3.63, 3.8) is 0 Å². The monoisotopic (exact) mass is 386 g/mol. The van der Waals surface area contributed by atoms with E-state index in [1.54, 1.807) is 35.5 Å². The van der Waals surface area contributed by atoms with Crippen LogP contribution in [0.15, 0.2) is 53.9 Å². The molecule has 2 heterocycles. The number of nitrogens with two attached hydrogens (primary N) is 1. The Morgan fingerprint density at radius 1 is 1.30 bits per heavy atom. The van der Waals surface area contributed by atoms with E-state index < -0.39 is 0 Å². The Morgan fingerprint density at radius 3 is 2.85 bits per heavy atom. The summed E-state index contributed by atoms with van der Waals surface area (Å²) in [6.07, 6.45) is 3.30. The van der Waals surface area contributed by atoms with Gasteiger partial charge >= 0.3 is 0 Å². The zero-order chi connectivity index (χ0) is 19.2. The van der Waals surface area contributed by atoms with Crippen molar-refractivity contribution in [2.24, 2.45) is 0 Å². The fourth-order valence-electron chi connectivity index (χ4n) is 2.52. The van der Waals surface area contributed by atoms with Crippen LogP contribution in [0.25, 0.3) is 11.4 Å². The Hall–Kier alpha value is -2.94. The van der Waals surface area contributed by atoms with E-state index in [0.29, 0.717) is 24.1 Å².